The lowest BCUT2D eigenvalue weighted by atomic mass is 10.0. The maximum absolute atomic E-state index is 13.1. The Labute approximate surface area is 143 Å². The van der Waals surface area contributed by atoms with Gasteiger partial charge in [0.1, 0.15) is 11.0 Å². The van der Waals surface area contributed by atoms with Crippen LogP contribution in [0.3, 0.4) is 0 Å². The van der Waals surface area contributed by atoms with Gasteiger partial charge in [0.2, 0.25) is 0 Å². The van der Waals surface area contributed by atoms with Gasteiger partial charge in [-0.3, -0.25) is 0 Å². The Kier molecular flexibility index (Phi) is 4.58. The molecule has 0 aliphatic carbocycles. The second-order valence-corrected chi connectivity index (χ2v) is 5.53. The number of hydrogen-bond donors (Lipinski definition) is 0. The summed E-state index contributed by atoms with van der Waals surface area (Å²) in [6.07, 6.45) is 0. The zero-order valence-corrected chi connectivity index (χ0v) is 13.5. The lowest BCUT2D eigenvalue weighted by Gasteiger charge is -2.07. The number of hydrogen-bond acceptors (Lipinski definition) is 3. The van der Waals surface area contributed by atoms with Crippen molar-refractivity contribution < 1.29 is 13.9 Å². The van der Waals surface area contributed by atoms with E-state index in [4.69, 9.17) is 11.6 Å². The largest absolute Gasteiger partial charge is 0.465 e. The van der Waals surface area contributed by atoms with Crippen molar-refractivity contribution in [2.24, 2.45) is 0 Å². The third kappa shape index (κ3) is 3.44. The number of esters is 1. The molecule has 0 unspecified atom stereocenters. The fourth-order valence-corrected chi connectivity index (χ4v) is 2.56. The molecule has 0 fully saturated rings. The van der Waals surface area contributed by atoms with E-state index >= 15 is 0 Å². The Morgan fingerprint density at radius 3 is 2.21 bits per heavy atom. The minimum absolute atomic E-state index is 0.306. The van der Waals surface area contributed by atoms with E-state index < -0.39 is 0 Å². The molecule has 3 nitrogen and oxygen atoms in total. The zero-order valence-electron chi connectivity index (χ0n) is 12.8. The summed E-state index contributed by atoms with van der Waals surface area (Å²) in [4.78, 5) is 15.8. The molecule has 1 heterocycles. The molecule has 1 aromatic heterocycles. The first-order chi connectivity index (χ1) is 11.6. The summed E-state index contributed by atoms with van der Waals surface area (Å²) in [5.74, 6) is -0.694. The van der Waals surface area contributed by atoms with E-state index in [0.29, 0.717) is 16.4 Å². The van der Waals surface area contributed by atoms with Crippen LogP contribution in [0.2, 0.25) is 5.15 Å². The predicted molar refractivity (Wildman–Crippen MR) is 91.4 cm³/mol. The molecule has 24 heavy (non-hydrogen) atoms. The number of carbonyl (C=O) groups excluding carboxylic acids is 1. The third-order valence-corrected chi connectivity index (χ3v) is 3.77. The van der Waals surface area contributed by atoms with Gasteiger partial charge in [0.05, 0.1) is 18.4 Å². The molecule has 0 saturated heterocycles. The molecule has 120 valence electrons. The Hall–Kier alpha value is -2.72. The number of methoxy groups -OCH3 is 1. The summed E-state index contributed by atoms with van der Waals surface area (Å²) in [7, 11) is 1.34. The molecule has 0 bridgehead atoms. The van der Waals surface area contributed by atoms with Gasteiger partial charge in [-0.25, -0.2) is 14.2 Å². The Balaban J connectivity index is 1.99. The zero-order chi connectivity index (χ0) is 17.1. The Morgan fingerprint density at radius 1 is 0.958 bits per heavy atom. The van der Waals surface area contributed by atoms with Crippen molar-refractivity contribution in [2.45, 2.75) is 0 Å². The summed E-state index contributed by atoms with van der Waals surface area (Å²) in [6, 6.07) is 16.7. The standard InChI is InChI=1S/C19H13ClFNO2/c1-24-19(23)14-4-2-12(3-5-14)15-10-17(22-18(20)11-15)13-6-8-16(21)9-7-13/h2-11H,1H3. The smallest absolute Gasteiger partial charge is 0.337 e. The molecular formula is C19H13ClFNO2. The number of benzene rings is 2. The first-order valence-electron chi connectivity index (χ1n) is 7.19. The van der Waals surface area contributed by atoms with E-state index in [2.05, 4.69) is 9.72 Å². The normalized spacial score (nSPS) is 10.5. The van der Waals surface area contributed by atoms with E-state index in [1.165, 1.54) is 19.2 Å². The number of nitrogens with zero attached hydrogens (tertiary/aromatic N) is 1. The van der Waals surface area contributed by atoms with E-state index in [-0.39, 0.29) is 11.8 Å². The quantitative estimate of drug-likeness (QED) is 0.497. The van der Waals surface area contributed by atoms with Crippen molar-refractivity contribution in [1.82, 2.24) is 4.98 Å². The highest BCUT2D eigenvalue weighted by molar-refractivity contribution is 6.29. The van der Waals surface area contributed by atoms with Crippen LogP contribution in [-0.2, 0) is 4.74 Å². The summed E-state index contributed by atoms with van der Waals surface area (Å²) in [6.45, 7) is 0. The Morgan fingerprint density at radius 2 is 1.58 bits per heavy atom. The highest BCUT2D eigenvalue weighted by atomic mass is 35.5. The lowest BCUT2D eigenvalue weighted by molar-refractivity contribution is 0.0601. The number of aromatic nitrogens is 1. The van der Waals surface area contributed by atoms with Gasteiger partial charge in [0.15, 0.2) is 0 Å². The van der Waals surface area contributed by atoms with Crippen LogP contribution in [0, 0.1) is 5.82 Å². The van der Waals surface area contributed by atoms with E-state index in [1.54, 1.807) is 30.3 Å². The molecule has 3 rings (SSSR count). The van der Waals surface area contributed by atoms with E-state index in [0.717, 1.165) is 16.7 Å². The number of rotatable bonds is 3. The van der Waals surface area contributed by atoms with Gasteiger partial charge in [0.25, 0.3) is 0 Å². The van der Waals surface area contributed by atoms with Crippen LogP contribution < -0.4 is 0 Å². The fraction of sp³-hybridized carbons (Fsp3) is 0.0526. The van der Waals surface area contributed by atoms with Crippen LogP contribution >= 0.6 is 11.6 Å². The molecule has 0 aliphatic rings. The number of pyridine rings is 1. The average Bonchev–Trinajstić information content (AvgIpc) is 2.61. The monoisotopic (exact) mass is 341 g/mol. The maximum atomic E-state index is 13.1. The minimum Gasteiger partial charge on any atom is -0.465 e. The van der Waals surface area contributed by atoms with Gasteiger partial charge >= 0.3 is 5.97 Å². The van der Waals surface area contributed by atoms with Crippen LogP contribution in [0.4, 0.5) is 4.39 Å². The molecule has 0 spiro atoms. The van der Waals surface area contributed by atoms with Crippen molar-refractivity contribution >= 4 is 17.6 Å². The van der Waals surface area contributed by atoms with Crippen molar-refractivity contribution in [3.05, 3.63) is 77.2 Å². The molecule has 0 aliphatic heterocycles. The van der Waals surface area contributed by atoms with Gasteiger partial charge in [0, 0.05) is 5.56 Å². The molecule has 0 radical (unpaired) electrons. The third-order valence-electron chi connectivity index (χ3n) is 3.57. The highest BCUT2D eigenvalue weighted by Gasteiger charge is 2.08. The van der Waals surface area contributed by atoms with Gasteiger partial charge < -0.3 is 4.74 Å². The first-order valence-corrected chi connectivity index (χ1v) is 7.57. The number of carbonyl (C=O) groups is 1. The molecule has 0 atom stereocenters. The summed E-state index contributed by atoms with van der Waals surface area (Å²) in [5, 5.41) is 0.337. The van der Waals surface area contributed by atoms with Crippen LogP contribution in [0.15, 0.2) is 60.7 Å². The van der Waals surface area contributed by atoms with Crippen LogP contribution in [0.25, 0.3) is 22.4 Å². The summed E-state index contributed by atoms with van der Waals surface area (Å²) in [5.41, 5.74) is 3.63. The SMILES string of the molecule is COC(=O)c1ccc(-c2cc(Cl)nc(-c3ccc(F)cc3)c2)cc1. The second kappa shape index (κ2) is 6.81. The van der Waals surface area contributed by atoms with Crippen LogP contribution in [0.1, 0.15) is 10.4 Å². The fourth-order valence-electron chi connectivity index (χ4n) is 2.35. The highest BCUT2D eigenvalue weighted by Crippen LogP contribution is 2.28. The summed E-state index contributed by atoms with van der Waals surface area (Å²) >= 11 is 6.13. The average molecular weight is 342 g/mol. The van der Waals surface area contributed by atoms with Crippen molar-refractivity contribution in [3.63, 3.8) is 0 Å². The van der Waals surface area contributed by atoms with Gasteiger partial charge in [-0.05, 0) is 59.7 Å². The predicted octanol–water partition coefficient (Wildman–Crippen LogP) is 4.99. The maximum Gasteiger partial charge on any atom is 0.337 e. The van der Waals surface area contributed by atoms with E-state index in [1.807, 2.05) is 18.2 Å². The van der Waals surface area contributed by atoms with Crippen molar-refractivity contribution in [3.8, 4) is 22.4 Å². The van der Waals surface area contributed by atoms with Crippen molar-refractivity contribution in [2.75, 3.05) is 7.11 Å². The Bertz CT molecular complexity index is 877. The van der Waals surface area contributed by atoms with Gasteiger partial charge in [-0.2, -0.15) is 0 Å². The van der Waals surface area contributed by atoms with Crippen LogP contribution in [-0.4, -0.2) is 18.1 Å². The first kappa shape index (κ1) is 16.1. The number of ether oxygens (including phenoxy) is 1. The molecule has 0 saturated carbocycles. The van der Waals surface area contributed by atoms with Crippen molar-refractivity contribution in [1.29, 1.82) is 0 Å². The molecule has 0 amide bonds. The minimum atomic E-state index is -0.388. The summed E-state index contributed by atoms with van der Waals surface area (Å²) < 4.78 is 17.8. The topological polar surface area (TPSA) is 39.2 Å². The lowest BCUT2D eigenvalue weighted by Crippen LogP contribution is -2.00. The molecule has 2 aromatic carbocycles. The molecule has 3 aromatic rings. The van der Waals surface area contributed by atoms with Gasteiger partial charge in [-0.1, -0.05) is 23.7 Å². The molecule has 0 N–H and O–H groups in total. The van der Waals surface area contributed by atoms with Crippen LogP contribution in [0.5, 0.6) is 0 Å². The number of halogens is 2. The van der Waals surface area contributed by atoms with E-state index in [9.17, 15) is 9.18 Å². The molecular weight excluding hydrogens is 329 g/mol. The molecule has 5 heteroatoms. The van der Waals surface area contributed by atoms with Gasteiger partial charge in [-0.15, -0.1) is 0 Å². The second-order valence-electron chi connectivity index (χ2n) is 5.14.